The average molecular weight is 318 g/mol. The van der Waals surface area contributed by atoms with Crippen LogP contribution in [0.1, 0.15) is 36.4 Å². The summed E-state index contributed by atoms with van der Waals surface area (Å²) in [6.45, 7) is 4.77. The summed E-state index contributed by atoms with van der Waals surface area (Å²) in [5, 5.41) is 9.64. The van der Waals surface area contributed by atoms with Gasteiger partial charge < -0.3 is 10.6 Å². The molecule has 20 heavy (non-hydrogen) atoms. The molecule has 0 atom stereocenters. The summed E-state index contributed by atoms with van der Waals surface area (Å²) in [5.74, 6) is 0.467. The molecule has 1 saturated heterocycles. The van der Waals surface area contributed by atoms with E-state index in [1.165, 1.54) is 5.01 Å². The zero-order valence-corrected chi connectivity index (χ0v) is 13.6. The Morgan fingerprint density at radius 3 is 2.85 bits per heavy atom. The van der Waals surface area contributed by atoms with Gasteiger partial charge in [-0.05, 0) is 52.1 Å². The Kier molecular flexibility index (Phi) is 8.11. The quantitative estimate of drug-likeness (QED) is 0.792. The summed E-state index contributed by atoms with van der Waals surface area (Å²) in [4.78, 5) is 16.3. The molecule has 2 N–H and O–H groups in total. The van der Waals surface area contributed by atoms with Gasteiger partial charge in [0.1, 0.15) is 0 Å². The van der Waals surface area contributed by atoms with E-state index in [4.69, 9.17) is 0 Å². The van der Waals surface area contributed by atoms with E-state index in [2.05, 4.69) is 21.0 Å². The number of thiazole rings is 1. The Hall–Kier alpha value is -0.650. The molecule has 4 nitrogen and oxygen atoms in total. The van der Waals surface area contributed by atoms with Gasteiger partial charge in [-0.2, -0.15) is 0 Å². The molecule has 114 valence electrons. The highest BCUT2D eigenvalue weighted by Crippen LogP contribution is 2.12. The maximum absolute atomic E-state index is 11.9. The number of carbonyl (C=O) groups excluding carboxylic acids is 1. The van der Waals surface area contributed by atoms with Crippen LogP contribution < -0.4 is 10.6 Å². The first kappa shape index (κ1) is 17.4. The van der Waals surface area contributed by atoms with Crippen LogP contribution in [0.3, 0.4) is 0 Å². The van der Waals surface area contributed by atoms with Gasteiger partial charge >= 0.3 is 0 Å². The number of hydrogen-bond acceptors (Lipinski definition) is 4. The van der Waals surface area contributed by atoms with Crippen molar-refractivity contribution in [2.75, 3.05) is 19.6 Å². The van der Waals surface area contributed by atoms with Crippen LogP contribution in [-0.4, -0.2) is 30.5 Å². The Morgan fingerprint density at radius 1 is 1.45 bits per heavy atom. The lowest BCUT2D eigenvalue weighted by molar-refractivity contribution is -0.125. The van der Waals surface area contributed by atoms with Crippen molar-refractivity contribution in [1.29, 1.82) is 0 Å². The van der Waals surface area contributed by atoms with Gasteiger partial charge in [-0.3, -0.25) is 4.79 Å². The third-order valence-corrected chi connectivity index (χ3v) is 4.52. The SMILES string of the molecule is Cc1csc(CCCCNC(=O)C2CCNCC2)n1.Cl. The number of nitrogens with one attached hydrogen (secondary N) is 2. The van der Waals surface area contributed by atoms with E-state index in [-0.39, 0.29) is 24.2 Å². The van der Waals surface area contributed by atoms with Gasteiger partial charge in [0.25, 0.3) is 0 Å². The monoisotopic (exact) mass is 317 g/mol. The predicted octanol–water partition coefficient (Wildman–Crippen LogP) is 2.31. The molecule has 2 rings (SSSR count). The highest BCUT2D eigenvalue weighted by Gasteiger charge is 2.19. The fourth-order valence-corrected chi connectivity index (χ4v) is 3.18. The van der Waals surface area contributed by atoms with Crippen LogP contribution in [0.15, 0.2) is 5.38 Å². The van der Waals surface area contributed by atoms with Crippen LogP contribution >= 0.6 is 23.7 Å². The first-order valence-corrected chi connectivity index (χ1v) is 8.03. The predicted molar refractivity (Wildman–Crippen MR) is 85.6 cm³/mol. The van der Waals surface area contributed by atoms with Crippen molar-refractivity contribution >= 4 is 29.7 Å². The van der Waals surface area contributed by atoms with Crippen molar-refractivity contribution < 1.29 is 4.79 Å². The Labute approximate surface area is 131 Å². The van der Waals surface area contributed by atoms with E-state index in [0.717, 1.165) is 57.4 Å². The number of piperidine rings is 1. The minimum Gasteiger partial charge on any atom is -0.356 e. The molecule has 1 aromatic rings. The summed E-state index contributed by atoms with van der Waals surface area (Å²) in [7, 11) is 0. The van der Waals surface area contributed by atoms with Crippen LogP contribution in [0.2, 0.25) is 0 Å². The normalized spacial score (nSPS) is 15.7. The minimum atomic E-state index is 0. The third kappa shape index (κ3) is 5.77. The zero-order chi connectivity index (χ0) is 13.5. The molecule has 0 radical (unpaired) electrons. The Morgan fingerprint density at radius 2 is 2.20 bits per heavy atom. The lowest BCUT2D eigenvalue weighted by Crippen LogP contribution is -2.38. The van der Waals surface area contributed by atoms with E-state index >= 15 is 0 Å². The number of unbranched alkanes of at least 4 members (excludes halogenated alkanes) is 1. The molecule has 0 spiro atoms. The van der Waals surface area contributed by atoms with Gasteiger partial charge in [-0.15, -0.1) is 23.7 Å². The summed E-state index contributed by atoms with van der Waals surface area (Å²) in [5.41, 5.74) is 1.11. The maximum atomic E-state index is 11.9. The van der Waals surface area contributed by atoms with Crippen LogP contribution in [0.5, 0.6) is 0 Å². The van der Waals surface area contributed by atoms with Crippen molar-refractivity contribution in [3.05, 3.63) is 16.1 Å². The summed E-state index contributed by atoms with van der Waals surface area (Å²) >= 11 is 1.73. The topological polar surface area (TPSA) is 54.0 Å². The minimum absolute atomic E-state index is 0. The second-order valence-corrected chi connectivity index (χ2v) is 6.10. The number of rotatable bonds is 6. The standard InChI is InChI=1S/C14H23N3OS.ClH/c1-11-10-19-13(17-11)4-2-3-7-16-14(18)12-5-8-15-9-6-12;/h10,12,15H,2-9H2,1H3,(H,16,18);1H. The van der Waals surface area contributed by atoms with Gasteiger partial charge in [0, 0.05) is 23.5 Å². The number of amides is 1. The first-order valence-electron chi connectivity index (χ1n) is 7.15. The smallest absolute Gasteiger partial charge is 0.223 e. The molecule has 0 aliphatic carbocycles. The molecule has 0 saturated carbocycles. The van der Waals surface area contributed by atoms with Gasteiger partial charge in [-0.25, -0.2) is 4.98 Å². The van der Waals surface area contributed by atoms with Crippen molar-refractivity contribution in [3.8, 4) is 0 Å². The first-order chi connectivity index (χ1) is 9.25. The maximum Gasteiger partial charge on any atom is 0.223 e. The molecule has 1 aromatic heterocycles. The van der Waals surface area contributed by atoms with Crippen LogP contribution in [-0.2, 0) is 11.2 Å². The largest absolute Gasteiger partial charge is 0.356 e. The van der Waals surface area contributed by atoms with Crippen LogP contribution in [0, 0.1) is 12.8 Å². The van der Waals surface area contributed by atoms with Gasteiger partial charge in [0.15, 0.2) is 0 Å². The molecular formula is C14H24ClN3OS. The van der Waals surface area contributed by atoms with E-state index in [0.29, 0.717) is 0 Å². The molecule has 0 bridgehead atoms. The number of hydrogen-bond donors (Lipinski definition) is 2. The lowest BCUT2D eigenvalue weighted by atomic mass is 9.97. The molecular weight excluding hydrogens is 294 g/mol. The Balaban J connectivity index is 0.00000200. The fraction of sp³-hybridized carbons (Fsp3) is 0.714. The summed E-state index contributed by atoms with van der Waals surface area (Å²) in [6.07, 6.45) is 5.12. The number of aromatic nitrogens is 1. The summed E-state index contributed by atoms with van der Waals surface area (Å²) in [6, 6.07) is 0. The second-order valence-electron chi connectivity index (χ2n) is 5.16. The number of nitrogens with zero attached hydrogens (tertiary/aromatic N) is 1. The van der Waals surface area contributed by atoms with Crippen molar-refractivity contribution in [3.63, 3.8) is 0 Å². The van der Waals surface area contributed by atoms with Crippen LogP contribution in [0.4, 0.5) is 0 Å². The van der Waals surface area contributed by atoms with Crippen molar-refractivity contribution in [2.24, 2.45) is 5.92 Å². The number of carbonyl (C=O) groups is 1. The van der Waals surface area contributed by atoms with Gasteiger partial charge in [-0.1, -0.05) is 0 Å². The third-order valence-electron chi connectivity index (χ3n) is 3.49. The van der Waals surface area contributed by atoms with E-state index in [1.54, 1.807) is 11.3 Å². The van der Waals surface area contributed by atoms with Gasteiger partial charge in [0.2, 0.25) is 5.91 Å². The fourth-order valence-electron chi connectivity index (χ4n) is 2.36. The number of halogens is 1. The summed E-state index contributed by atoms with van der Waals surface area (Å²) < 4.78 is 0. The highest BCUT2D eigenvalue weighted by molar-refractivity contribution is 7.09. The van der Waals surface area contributed by atoms with E-state index in [9.17, 15) is 4.79 Å². The second kappa shape index (κ2) is 9.32. The molecule has 1 aliphatic heterocycles. The molecule has 2 heterocycles. The van der Waals surface area contributed by atoms with Gasteiger partial charge in [0.05, 0.1) is 5.01 Å². The highest BCUT2D eigenvalue weighted by atomic mass is 35.5. The lowest BCUT2D eigenvalue weighted by Gasteiger charge is -2.21. The van der Waals surface area contributed by atoms with E-state index < -0.39 is 0 Å². The molecule has 0 unspecified atom stereocenters. The zero-order valence-electron chi connectivity index (χ0n) is 12.0. The molecule has 1 aliphatic rings. The molecule has 0 aromatic carbocycles. The van der Waals surface area contributed by atoms with E-state index in [1.807, 2.05) is 6.92 Å². The molecule has 1 fully saturated rings. The number of aryl methyl sites for hydroxylation is 2. The average Bonchev–Trinajstić information content (AvgIpc) is 2.85. The Bertz CT molecular complexity index is 405. The molecule has 1 amide bonds. The van der Waals surface area contributed by atoms with Crippen molar-refractivity contribution in [2.45, 2.75) is 39.0 Å². The molecule has 6 heteroatoms. The van der Waals surface area contributed by atoms with Crippen molar-refractivity contribution in [1.82, 2.24) is 15.6 Å². The van der Waals surface area contributed by atoms with Crippen LogP contribution in [0.25, 0.3) is 0 Å².